The van der Waals surface area contributed by atoms with E-state index in [1.165, 1.54) is 96.6 Å². The Morgan fingerprint density at radius 3 is 1.35 bits per heavy atom. The number of halogens is 2. The Balaban J connectivity index is 0.000000248. The fourth-order valence-corrected chi connectivity index (χ4v) is 15.4. The van der Waals surface area contributed by atoms with Crippen molar-refractivity contribution in [1.29, 1.82) is 0 Å². The van der Waals surface area contributed by atoms with Crippen molar-refractivity contribution in [3.63, 3.8) is 0 Å². The summed E-state index contributed by atoms with van der Waals surface area (Å²) in [7, 11) is 0.385. The van der Waals surface area contributed by atoms with E-state index < -0.39 is 0 Å². The van der Waals surface area contributed by atoms with E-state index in [1.807, 2.05) is 0 Å². The van der Waals surface area contributed by atoms with Gasteiger partial charge in [-0.1, -0.05) is 65.7 Å². The fourth-order valence-electron chi connectivity index (χ4n) is 9.94. The van der Waals surface area contributed by atoms with Crippen LogP contribution in [0.5, 0.6) is 0 Å². The molecule has 52 heavy (non-hydrogen) atoms. The van der Waals surface area contributed by atoms with Crippen molar-refractivity contribution >= 4 is 29.7 Å². The van der Waals surface area contributed by atoms with Gasteiger partial charge in [0.1, 0.15) is 0 Å². The number of benzene rings is 3. The zero-order valence-corrected chi connectivity index (χ0v) is 36.9. The second-order valence-electron chi connectivity index (χ2n) is 16.0. The van der Waals surface area contributed by atoms with Gasteiger partial charge in [-0.05, 0) is 55.5 Å². The van der Waals surface area contributed by atoms with Gasteiger partial charge in [0.2, 0.25) is 0 Å². The number of rotatable bonds is 6. The summed E-state index contributed by atoms with van der Waals surface area (Å²) in [6.07, 6.45) is 25.9. The van der Waals surface area contributed by atoms with Crippen molar-refractivity contribution in [2.45, 2.75) is 155 Å². The first-order chi connectivity index (χ1) is 24.2. The molecule has 2 nitrogen and oxygen atoms in total. The van der Waals surface area contributed by atoms with Gasteiger partial charge >= 0.3 is 197 Å². The van der Waals surface area contributed by atoms with Crippen molar-refractivity contribution in [1.82, 2.24) is 0 Å². The molecule has 3 saturated carbocycles. The number of anilines is 2. The predicted octanol–water partition coefficient (Wildman–Crippen LogP) is 7.01. The van der Waals surface area contributed by atoms with E-state index in [4.69, 9.17) is 0 Å². The van der Waals surface area contributed by atoms with Crippen molar-refractivity contribution in [2.75, 3.05) is 16.3 Å². The average molecular weight is 847 g/mol. The monoisotopic (exact) mass is 846 g/mol. The molecule has 3 aliphatic carbocycles. The van der Waals surface area contributed by atoms with Crippen LogP contribution in [0.4, 0.5) is 11.4 Å². The van der Waals surface area contributed by atoms with E-state index in [-0.39, 0.29) is 24.8 Å². The van der Waals surface area contributed by atoms with E-state index in [0.717, 1.165) is 6.54 Å². The van der Waals surface area contributed by atoms with Gasteiger partial charge in [-0.25, -0.2) is 0 Å². The standard InChI is InChI=1S/C28H30N2.C18H33P.2ClH.Ru/c1-19-12-21(3)27(22(4)13-19)29-17-26(16-25-10-8-7-9-11-25)30(18-29)28-23(5)14-20(2)15-24(28)6;1-4-10-16(11-5-1)19(17-12-6-2-7-13-17)18-14-8-3-9-15-18;;;/h7-16H,17H2,1-6H3;16-18H,1-15H2;2*1H;/q;;;;+2/p-2. The first-order valence-corrected chi connectivity index (χ1v) is 22.4. The molecule has 0 radical (unpaired) electrons. The molecule has 6 heteroatoms. The number of hydrogen-bond donors (Lipinski definition) is 0. The van der Waals surface area contributed by atoms with Gasteiger partial charge in [0, 0.05) is 0 Å². The summed E-state index contributed by atoms with van der Waals surface area (Å²) in [6.45, 7) is 14.1. The molecule has 284 valence electrons. The van der Waals surface area contributed by atoms with Gasteiger partial charge in [-0.3, -0.25) is 0 Å². The minimum atomic E-state index is 0. The summed E-state index contributed by atoms with van der Waals surface area (Å²) < 4.78 is 1.19. The van der Waals surface area contributed by atoms with Crippen LogP contribution in [0.25, 0.3) is 6.08 Å². The van der Waals surface area contributed by atoms with Crippen LogP contribution >= 0.6 is 7.92 Å². The van der Waals surface area contributed by atoms with Crippen LogP contribution in [0.15, 0.2) is 60.3 Å². The molecule has 0 N–H and O–H groups in total. The minimum Gasteiger partial charge on any atom is -1.00 e. The zero-order valence-electron chi connectivity index (χ0n) is 32.8. The molecule has 0 bridgehead atoms. The Morgan fingerprint density at radius 2 is 0.942 bits per heavy atom. The Labute approximate surface area is 340 Å². The maximum Gasteiger partial charge on any atom is -1.00 e. The van der Waals surface area contributed by atoms with E-state index in [0.29, 0.717) is 7.92 Å². The van der Waals surface area contributed by atoms with Crippen LogP contribution in [-0.2, 0) is 17.9 Å². The number of aryl methyl sites for hydroxylation is 6. The largest absolute Gasteiger partial charge is 1.00 e. The summed E-state index contributed by atoms with van der Waals surface area (Å²) in [5, 5.41) is 0. The van der Waals surface area contributed by atoms with Gasteiger partial charge in [-0.2, -0.15) is 0 Å². The van der Waals surface area contributed by atoms with Crippen LogP contribution < -0.4 is 34.6 Å². The van der Waals surface area contributed by atoms with Crippen molar-refractivity contribution < 1.29 is 42.7 Å². The molecular weight excluding hydrogens is 783 g/mol. The molecule has 4 aliphatic rings. The normalized spacial score (nSPS) is 19.7. The van der Waals surface area contributed by atoms with Gasteiger partial charge in [0.25, 0.3) is 0 Å². The van der Waals surface area contributed by atoms with Gasteiger partial charge in [-0.15, -0.1) is 0 Å². The maximum atomic E-state index is 2.91. The van der Waals surface area contributed by atoms with Crippen molar-refractivity contribution in [2.24, 2.45) is 0 Å². The Morgan fingerprint density at radius 1 is 0.558 bits per heavy atom. The molecule has 0 aromatic heterocycles. The molecule has 0 atom stereocenters. The molecular formula is C46H63Cl2N2PRu. The van der Waals surface area contributed by atoms with E-state index in [1.54, 1.807) is 77.0 Å². The Hall–Kier alpha value is -1.50. The summed E-state index contributed by atoms with van der Waals surface area (Å²) in [5.74, 6) is 0. The fraction of sp³-hybridized carbons (Fsp3) is 0.543. The van der Waals surface area contributed by atoms with Crippen LogP contribution in [0.3, 0.4) is 0 Å². The van der Waals surface area contributed by atoms with Gasteiger partial charge < -0.3 is 24.8 Å². The van der Waals surface area contributed by atoms with Crippen LogP contribution in [0, 0.1) is 41.5 Å². The molecule has 3 aromatic rings. The average Bonchev–Trinajstić information content (AvgIpc) is 3.40. The van der Waals surface area contributed by atoms with Crippen LogP contribution in [0.2, 0.25) is 0 Å². The Kier molecular flexibility index (Phi) is 17.0. The second kappa shape index (κ2) is 20.4. The first-order valence-electron chi connectivity index (χ1n) is 20.0. The molecule has 1 saturated heterocycles. The molecule has 4 fully saturated rings. The van der Waals surface area contributed by atoms with Crippen LogP contribution in [0.1, 0.15) is 135 Å². The molecule has 7 rings (SSSR count). The van der Waals surface area contributed by atoms with Gasteiger partial charge in [0.15, 0.2) is 0 Å². The molecule has 1 heterocycles. The third-order valence-corrected chi connectivity index (χ3v) is 16.8. The third kappa shape index (κ3) is 10.4. The SMILES string of the molecule is C1CCC(P(C2CCCCC2)C2CCCCC2)CC1.Cc1cc(C)c(N2CC(=Cc3ccccc3)N(c3c(C)cc(C)cc3C)[C]2=[Ru+2])c(C)c1.[Cl-].[Cl-]. The maximum absolute atomic E-state index is 2.91. The van der Waals surface area contributed by atoms with Crippen molar-refractivity contribution in [3.8, 4) is 0 Å². The van der Waals surface area contributed by atoms with E-state index in [9.17, 15) is 0 Å². The Bertz CT molecular complexity index is 1550. The minimum absolute atomic E-state index is 0. The molecule has 3 aromatic carbocycles. The summed E-state index contributed by atoms with van der Waals surface area (Å²) in [4.78, 5) is 4.89. The predicted molar refractivity (Wildman–Crippen MR) is 218 cm³/mol. The van der Waals surface area contributed by atoms with E-state index >= 15 is 0 Å². The zero-order chi connectivity index (χ0) is 35.2. The first kappa shape index (κ1) is 43.2. The van der Waals surface area contributed by atoms with Crippen LogP contribution in [-0.4, -0.2) is 27.9 Å². The van der Waals surface area contributed by atoms with Crippen molar-refractivity contribution in [3.05, 3.63) is 99.2 Å². The number of hydrogen-bond acceptors (Lipinski definition) is 2. The molecule has 0 unspecified atom stereocenters. The second-order valence-corrected chi connectivity index (χ2v) is 19.9. The topological polar surface area (TPSA) is 6.48 Å². The molecule has 0 spiro atoms. The summed E-state index contributed by atoms with van der Waals surface area (Å²) in [6, 6.07) is 19.8. The third-order valence-electron chi connectivity index (χ3n) is 11.9. The quantitative estimate of drug-likeness (QED) is 0.195. The molecule has 0 amide bonds. The number of nitrogens with zero attached hydrogens (tertiary/aromatic N) is 2. The van der Waals surface area contributed by atoms with Gasteiger partial charge in [0.05, 0.1) is 0 Å². The summed E-state index contributed by atoms with van der Waals surface area (Å²) in [5.41, 5.74) is 16.5. The summed E-state index contributed by atoms with van der Waals surface area (Å²) >= 11 is 2.91. The van der Waals surface area contributed by atoms with E-state index in [2.05, 4.69) is 130 Å². The molecule has 1 aliphatic heterocycles. The smallest absolute Gasteiger partial charge is 1.00 e.